The average Bonchev–Trinajstić information content (AvgIpc) is 2.89. The Morgan fingerprint density at radius 1 is 0.618 bits per heavy atom. The van der Waals surface area contributed by atoms with E-state index in [1.165, 1.54) is 0 Å². The third-order valence-corrected chi connectivity index (χ3v) is 5.74. The molecule has 0 saturated heterocycles. The second-order valence-electron chi connectivity index (χ2n) is 8.02. The van der Waals surface area contributed by atoms with Crippen molar-refractivity contribution in [2.75, 3.05) is 10.6 Å². The molecule has 0 saturated carbocycles. The lowest BCUT2D eigenvalue weighted by atomic mass is 9.74. The molecule has 2 amide bonds. The van der Waals surface area contributed by atoms with Gasteiger partial charge < -0.3 is 15.7 Å². The fraction of sp³-hybridized carbons (Fsp3) is 0.103. The zero-order valence-electron chi connectivity index (χ0n) is 18.6. The molecule has 0 fully saturated rings. The van der Waals surface area contributed by atoms with E-state index in [9.17, 15) is 14.7 Å². The largest absolute Gasteiger partial charge is 0.380 e. The van der Waals surface area contributed by atoms with E-state index in [1.54, 1.807) is 72.8 Å². The Morgan fingerprint density at radius 3 is 1.44 bits per heavy atom. The SMILES string of the molecule is O=C(CC(C(=O)Nc1ccccc1)C(O)(c1ccccc1)c1ccccc1)Nc1ccccc1. The fourth-order valence-corrected chi connectivity index (χ4v) is 4.05. The Labute approximate surface area is 199 Å². The van der Waals surface area contributed by atoms with Gasteiger partial charge in [-0.25, -0.2) is 0 Å². The van der Waals surface area contributed by atoms with Crippen LogP contribution in [0.2, 0.25) is 0 Å². The number of carbonyl (C=O) groups is 2. The smallest absolute Gasteiger partial charge is 0.231 e. The van der Waals surface area contributed by atoms with Crippen LogP contribution in [0.1, 0.15) is 17.5 Å². The minimum Gasteiger partial charge on any atom is -0.380 e. The van der Waals surface area contributed by atoms with Crippen LogP contribution < -0.4 is 10.6 Å². The van der Waals surface area contributed by atoms with Crippen LogP contribution in [-0.4, -0.2) is 16.9 Å². The molecule has 34 heavy (non-hydrogen) atoms. The predicted octanol–water partition coefficient (Wildman–Crippen LogP) is 5.21. The van der Waals surface area contributed by atoms with Crippen molar-refractivity contribution >= 4 is 23.2 Å². The quantitative estimate of drug-likeness (QED) is 0.345. The number of carbonyl (C=O) groups excluding carboxylic acids is 2. The van der Waals surface area contributed by atoms with Crippen molar-refractivity contribution in [2.45, 2.75) is 12.0 Å². The maximum atomic E-state index is 13.6. The van der Waals surface area contributed by atoms with E-state index in [2.05, 4.69) is 10.6 Å². The van der Waals surface area contributed by atoms with Crippen LogP contribution >= 0.6 is 0 Å². The molecule has 170 valence electrons. The molecule has 0 radical (unpaired) electrons. The van der Waals surface area contributed by atoms with Gasteiger partial charge in [-0.05, 0) is 35.4 Å². The van der Waals surface area contributed by atoms with Crippen molar-refractivity contribution < 1.29 is 14.7 Å². The summed E-state index contributed by atoms with van der Waals surface area (Å²) in [6.45, 7) is 0. The molecule has 3 N–H and O–H groups in total. The molecule has 1 atom stereocenters. The summed E-state index contributed by atoms with van der Waals surface area (Å²) in [5.74, 6) is -1.93. The van der Waals surface area contributed by atoms with Gasteiger partial charge in [0.15, 0.2) is 0 Å². The van der Waals surface area contributed by atoms with Crippen molar-refractivity contribution in [1.29, 1.82) is 0 Å². The molecule has 5 heteroatoms. The molecule has 5 nitrogen and oxygen atoms in total. The topological polar surface area (TPSA) is 78.4 Å². The van der Waals surface area contributed by atoms with Gasteiger partial charge in [0, 0.05) is 17.8 Å². The van der Waals surface area contributed by atoms with E-state index < -0.39 is 17.4 Å². The van der Waals surface area contributed by atoms with Crippen molar-refractivity contribution in [2.24, 2.45) is 5.92 Å². The number of amides is 2. The van der Waals surface area contributed by atoms with Crippen molar-refractivity contribution in [3.05, 3.63) is 132 Å². The van der Waals surface area contributed by atoms with Crippen LogP contribution in [0.25, 0.3) is 0 Å². The van der Waals surface area contributed by atoms with Crippen LogP contribution in [0.15, 0.2) is 121 Å². The zero-order chi connectivity index (χ0) is 23.8. The molecule has 1 unspecified atom stereocenters. The summed E-state index contributed by atoms with van der Waals surface area (Å²) in [5, 5.41) is 17.9. The second-order valence-corrected chi connectivity index (χ2v) is 8.02. The van der Waals surface area contributed by atoms with E-state index in [0.717, 1.165) is 0 Å². The second kappa shape index (κ2) is 10.6. The van der Waals surface area contributed by atoms with Gasteiger partial charge in [-0.3, -0.25) is 9.59 Å². The maximum Gasteiger partial charge on any atom is 0.231 e. The van der Waals surface area contributed by atoms with Crippen molar-refractivity contribution in [3.8, 4) is 0 Å². The Hall–Kier alpha value is -4.22. The normalized spacial score (nSPS) is 11.9. The minimum atomic E-state index is -1.74. The molecule has 4 rings (SSSR count). The minimum absolute atomic E-state index is 0.228. The summed E-state index contributed by atoms with van der Waals surface area (Å²) in [5.41, 5.74) is 0.529. The molecule has 0 aliphatic heterocycles. The summed E-state index contributed by atoms with van der Waals surface area (Å²) in [6, 6.07) is 36.0. The zero-order valence-corrected chi connectivity index (χ0v) is 18.6. The highest BCUT2D eigenvalue weighted by Crippen LogP contribution is 2.39. The van der Waals surface area contributed by atoms with Crippen LogP contribution in [0.4, 0.5) is 11.4 Å². The lowest BCUT2D eigenvalue weighted by Gasteiger charge is -2.36. The van der Waals surface area contributed by atoms with Crippen molar-refractivity contribution in [3.63, 3.8) is 0 Å². The number of aliphatic hydroxyl groups is 1. The predicted molar refractivity (Wildman–Crippen MR) is 134 cm³/mol. The number of nitrogens with one attached hydrogen (secondary N) is 2. The first kappa shape index (κ1) is 23.0. The van der Waals surface area contributed by atoms with Gasteiger partial charge in [0.05, 0.1) is 5.92 Å². The maximum absolute atomic E-state index is 13.6. The van der Waals surface area contributed by atoms with Gasteiger partial charge in [0.25, 0.3) is 0 Å². The fourth-order valence-electron chi connectivity index (χ4n) is 4.05. The molecule has 0 spiro atoms. The third-order valence-electron chi connectivity index (χ3n) is 5.74. The molecule has 0 heterocycles. The third kappa shape index (κ3) is 5.22. The van der Waals surface area contributed by atoms with Crippen LogP contribution in [0.5, 0.6) is 0 Å². The number of anilines is 2. The van der Waals surface area contributed by atoms with Crippen LogP contribution in [0.3, 0.4) is 0 Å². The van der Waals surface area contributed by atoms with E-state index in [4.69, 9.17) is 0 Å². The number of para-hydroxylation sites is 2. The summed E-state index contributed by atoms with van der Waals surface area (Å²) < 4.78 is 0. The highest BCUT2D eigenvalue weighted by atomic mass is 16.3. The van der Waals surface area contributed by atoms with E-state index in [1.807, 2.05) is 48.5 Å². The standard InChI is InChI=1S/C29H26N2O3/c32-27(30-24-17-9-3-10-18-24)21-26(28(33)31-25-19-11-4-12-20-25)29(34,22-13-5-1-6-14-22)23-15-7-2-8-16-23/h1-20,26,34H,21H2,(H,30,32)(H,31,33). The number of benzene rings is 4. The Balaban J connectivity index is 1.75. The summed E-state index contributed by atoms with van der Waals surface area (Å²) in [4.78, 5) is 26.7. The molecule has 0 aliphatic rings. The molecule has 4 aromatic rings. The Kier molecular flexibility index (Phi) is 7.16. The summed E-state index contributed by atoms with van der Waals surface area (Å²) in [6.07, 6.45) is -0.228. The number of hydrogen-bond acceptors (Lipinski definition) is 3. The van der Waals surface area contributed by atoms with Gasteiger partial charge in [-0.2, -0.15) is 0 Å². The van der Waals surface area contributed by atoms with Crippen LogP contribution in [-0.2, 0) is 15.2 Å². The monoisotopic (exact) mass is 450 g/mol. The molecule has 0 aromatic heterocycles. The van der Waals surface area contributed by atoms with E-state index >= 15 is 0 Å². The molecule has 0 aliphatic carbocycles. The van der Waals surface area contributed by atoms with Gasteiger partial charge in [-0.15, -0.1) is 0 Å². The van der Waals surface area contributed by atoms with Crippen LogP contribution in [0, 0.1) is 5.92 Å². The highest BCUT2D eigenvalue weighted by molar-refractivity contribution is 5.99. The lowest BCUT2D eigenvalue weighted by molar-refractivity contribution is -0.132. The molecule has 4 aromatic carbocycles. The van der Waals surface area contributed by atoms with Gasteiger partial charge in [-0.1, -0.05) is 97.1 Å². The molecular formula is C29H26N2O3. The first-order valence-electron chi connectivity index (χ1n) is 11.1. The van der Waals surface area contributed by atoms with E-state index in [0.29, 0.717) is 22.5 Å². The van der Waals surface area contributed by atoms with Gasteiger partial charge in [0.2, 0.25) is 11.8 Å². The van der Waals surface area contributed by atoms with Crippen molar-refractivity contribution in [1.82, 2.24) is 0 Å². The van der Waals surface area contributed by atoms with E-state index in [-0.39, 0.29) is 12.3 Å². The Bertz CT molecular complexity index is 1170. The summed E-state index contributed by atoms with van der Waals surface area (Å²) >= 11 is 0. The molecular weight excluding hydrogens is 424 g/mol. The highest BCUT2D eigenvalue weighted by Gasteiger charge is 2.45. The first-order valence-corrected chi connectivity index (χ1v) is 11.1. The van der Waals surface area contributed by atoms with Gasteiger partial charge in [0.1, 0.15) is 5.60 Å². The number of hydrogen-bond donors (Lipinski definition) is 3. The molecule has 0 bridgehead atoms. The summed E-state index contributed by atoms with van der Waals surface area (Å²) in [7, 11) is 0. The lowest BCUT2D eigenvalue weighted by Crippen LogP contribution is -2.45. The Morgan fingerprint density at radius 2 is 1.00 bits per heavy atom. The van der Waals surface area contributed by atoms with Gasteiger partial charge >= 0.3 is 0 Å². The first-order chi connectivity index (χ1) is 16.6. The number of rotatable bonds is 8. The average molecular weight is 451 g/mol.